The third kappa shape index (κ3) is 4.20. The van der Waals surface area contributed by atoms with Crippen molar-refractivity contribution in [3.8, 4) is 6.07 Å². The minimum atomic E-state index is -3.83. The van der Waals surface area contributed by atoms with Crippen LogP contribution in [0.4, 0.5) is 0 Å². The monoisotopic (exact) mass is 381 g/mol. The van der Waals surface area contributed by atoms with Crippen LogP contribution in [0.2, 0.25) is 0 Å². The Morgan fingerprint density at radius 3 is 2.89 bits per heavy atom. The zero-order valence-electron chi connectivity index (χ0n) is 14.0. The molecule has 136 valence electrons. The number of aromatic nitrogens is 2. The highest BCUT2D eigenvalue weighted by molar-refractivity contribution is 7.89. The Hall–Kier alpha value is -3.48. The molecule has 0 unspecified atom stereocenters. The molecule has 0 aliphatic heterocycles. The molecule has 0 atom stereocenters. The van der Waals surface area contributed by atoms with Gasteiger partial charge < -0.3 is 10.3 Å². The normalized spacial score (nSPS) is 11.9. The molecule has 0 bridgehead atoms. The average molecular weight is 381 g/mol. The number of pyridine rings is 1. The first-order valence-corrected chi connectivity index (χ1v) is 9.37. The van der Waals surface area contributed by atoms with E-state index in [1.54, 1.807) is 24.5 Å². The molecule has 4 N–H and O–H groups in total. The number of nitrogens with two attached hydrogens (primary N) is 1. The zero-order valence-corrected chi connectivity index (χ0v) is 14.8. The Balaban J connectivity index is 1.78. The summed E-state index contributed by atoms with van der Waals surface area (Å²) in [6.45, 7) is 0.0522. The molecule has 2 aromatic heterocycles. The fraction of sp³-hybridized carbons (Fsp3) is 0.0556. The molecule has 8 nitrogen and oxygen atoms in total. The van der Waals surface area contributed by atoms with E-state index < -0.39 is 15.9 Å². The van der Waals surface area contributed by atoms with Gasteiger partial charge in [0, 0.05) is 29.9 Å². The number of nitrogens with zero attached hydrogens (tertiary/aromatic N) is 2. The third-order valence-electron chi connectivity index (χ3n) is 3.83. The van der Waals surface area contributed by atoms with Gasteiger partial charge in [0.25, 0.3) is 5.91 Å². The molecule has 0 saturated heterocycles. The highest BCUT2D eigenvalue weighted by Gasteiger charge is 2.12. The molecule has 3 rings (SSSR count). The number of aromatic amines is 1. The quantitative estimate of drug-likeness (QED) is 0.453. The smallest absolute Gasteiger partial charge is 0.262 e. The maximum Gasteiger partial charge on any atom is 0.262 e. The second-order valence-corrected chi connectivity index (χ2v) is 7.25. The molecular weight excluding hydrogens is 366 g/mol. The van der Waals surface area contributed by atoms with Crippen LogP contribution in [-0.4, -0.2) is 24.3 Å². The van der Waals surface area contributed by atoms with Crippen molar-refractivity contribution in [3.63, 3.8) is 0 Å². The van der Waals surface area contributed by atoms with Gasteiger partial charge >= 0.3 is 0 Å². The van der Waals surface area contributed by atoms with Crippen molar-refractivity contribution in [2.75, 3.05) is 0 Å². The van der Waals surface area contributed by atoms with Crippen molar-refractivity contribution in [1.29, 1.82) is 5.26 Å². The van der Waals surface area contributed by atoms with Crippen molar-refractivity contribution in [2.24, 2.45) is 5.14 Å². The summed E-state index contributed by atoms with van der Waals surface area (Å²) in [5.41, 5.74) is 1.79. The second kappa shape index (κ2) is 7.41. The lowest BCUT2D eigenvalue weighted by Gasteiger charge is -2.06. The number of rotatable bonds is 5. The minimum absolute atomic E-state index is 0.0448. The van der Waals surface area contributed by atoms with Crippen LogP contribution in [0.15, 0.2) is 59.3 Å². The Morgan fingerprint density at radius 2 is 2.15 bits per heavy atom. The summed E-state index contributed by atoms with van der Waals surface area (Å²) in [5.74, 6) is -0.572. The van der Waals surface area contributed by atoms with E-state index in [0.29, 0.717) is 16.8 Å². The summed E-state index contributed by atoms with van der Waals surface area (Å²) in [5, 5.41) is 17.8. The zero-order chi connectivity index (χ0) is 19.4. The van der Waals surface area contributed by atoms with E-state index in [1.165, 1.54) is 24.3 Å². The van der Waals surface area contributed by atoms with Gasteiger partial charge in [0.1, 0.15) is 17.3 Å². The van der Waals surface area contributed by atoms with E-state index in [1.807, 2.05) is 12.1 Å². The van der Waals surface area contributed by atoms with Crippen LogP contribution >= 0.6 is 0 Å². The summed E-state index contributed by atoms with van der Waals surface area (Å²) >= 11 is 0. The van der Waals surface area contributed by atoms with E-state index >= 15 is 0 Å². The summed E-state index contributed by atoms with van der Waals surface area (Å²) in [4.78, 5) is 19.4. The number of nitrogens with one attached hydrogen (secondary N) is 2. The first kappa shape index (κ1) is 18.3. The fourth-order valence-corrected chi connectivity index (χ4v) is 3.09. The van der Waals surface area contributed by atoms with Gasteiger partial charge in [-0.15, -0.1) is 0 Å². The largest absolute Gasteiger partial charge is 0.347 e. The van der Waals surface area contributed by atoms with Gasteiger partial charge in [-0.2, -0.15) is 5.26 Å². The molecule has 9 heteroatoms. The van der Waals surface area contributed by atoms with E-state index in [-0.39, 0.29) is 17.0 Å². The minimum Gasteiger partial charge on any atom is -0.347 e. The highest BCUT2D eigenvalue weighted by Crippen LogP contribution is 2.18. The number of amides is 1. The first-order chi connectivity index (χ1) is 12.9. The lowest BCUT2D eigenvalue weighted by Crippen LogP contribution is -2.24. The molecule has 1 amide bonds. The first-order valence-electron chi connectivity index (χ1n) is 7.82. The molecule has 0 radical (unpaired) electrons. The van der Waals surface area contributed by atoms with Gasteiger partial charge in [0.15, 0.2) is 0 Å². The highest BCUT2D eigenvalue weighted by atomic mass is 32.2. The number of fused-ring (bicyclic) bond motifs is 1. The van der Waals surface area contributed by atoms with Gasteiger partial charge in [-0.1, -0.05) is 12.1 Å². The van der Waals surface area contributed by atoms with Crippen molar-refractivity contribution < 1.29 is 13.2 Å². The standard InChI is InChI=1S/C18H15N5O3S/c19-9-13(8-14-11-22-17-16(14)5-2-6-21-17)18(24)23-10-12-3-1-4-15(7-12)27(20,25)26/h1-8,11H,10H2,(H,21,22)(H,23,24)(H2,20,25,26)/b13-8+. The Labute approximate surface area is 155 Å². The van der Waals surface area contributed by atoms with Crippen LogP contribution in [0, 0.1) is 11.3 Å². The van der Waals surface area contributed by atoms with E-state index in [9.17, 15) is 18.5 Å². The van der Waals surface area contributed by atoms with Gasteiger partial charge in [0.2, 0.25) is 10.0 Å². The van der Waals surface area contributed by atoms with Gasteiger partial charge in [0.05, 0.1) is 4.90 Å². The number of carbonyl (C=O) groups is 1. The fourth-order valence-electron chi connectivity index (χ4n) is 2.51. The van der Waals surface area contributed by atoms with E-state index in [4.69, 9.17) is 5.14 Å². The van der Waals surface area contributed by atoms with Crippen LogP contribution in [0.3, 0.4) is 0 Å². The number of H-pyrrole nitrogens is 1. The lowest BCUT2D eigenvalue weighted by molar-refractivity contribution is -0.117. The maximum atomic E-state index is 12.3. The number of hydrogen-bond donors (Lipinski definition) is 3. The summed E-state index contributed by atoms with van der Waals surface area (Å²) < 4.78 is 22.8. The molecule has 27 heavy (non-hydrogen) atoms. The van der Waals surface area contributed by atoms with Crippen LogP contribution in [0.5, 0.6) is 0 Å². The van der Waals surface area contributed by atoms with Gasteiger partial charge in [-0.05, 0) is 35.9 Å². The molecule has 0 aliphatic carbocycles. The van der Waals surface area contributed by atoms with E-state index in [2.05, 4.69) is 15.3 Å². The van der Waals surface area contributed by atoms with Gasteiger partial charge in [-0.25, -0.2) is 18.5 Å². The number of nitriles is 1. The number of carbonyl (C=O) groups excluding carboxylic acids is 1. The predicted molar refractivity (Wildman–Crippen MR) is 99.3 cm³/mol. The molecule has 1 aromatic carbocycles. The molecule has 0 spiro atoms. The summed E-state index contributed by atoms with van der Waals surface area (Å²) in [6, 6.07) is 11.4. The molecule has 0 saturated carbocycles. The Kier molecular flexibility index (Phi) is 5.03. The molecule has 0 fully saturated rings. The average Bonchev–Trinajstić information content (AvgIpc) is 3.06. The van der Waals surface area contributed by atoms with E-state index in [0.717, 1.165) is 5.39 Å². The molecular formula is C18H15N5O3S. The molecule has 0 aliphatic rings. The van der Waals surface area contributed by atoms with Crippen molar-refractivity contribution >= 4 is 33.0 Å². The number of sulfonamides is 1. The van der Waals surface area contributed by atoms with Crippen molar-refractivity contribution in [2.45, 2.75) is 11.4 Å². The van der Waals surface area contributed by atoms with Gasteiger partial charge in [-0.3, -0.25) is 4.79 Å². The van der Waals surface area contributed by atoms with Crippen LogP contribution < -0.4 is 10.5 Å². The summed E-state index contributed by atoms with van der Waals surface area (Å²) in [7, 11) is -3.83. The summed E-state index contributed by atoms with van der Waals surface area (Å²) in [6.07, 6.45) is 4.77. The molecule has 3 aromatic rings. The van der Waals surface area contributed by atoms with Crippen LogP contribution in [0.1, 0.15) is 11.1 Å². The molecule has 2 heterocycles. The number of hydrogen-bond acceptors (Lipinski definition) is 5. The number of benzene rings is 1. The van der Waals surface area contributed by atoms with Crippen molar-refractivity contribution in [3.05, 3.63) is 65.5 Å². The Morgan fingerprint density at radius 1 is 1.33 bits per heavy atom. The Bertz CT molecular complexity index is 1190. The van der Waals surface area contributed by atoms with Crippen LogP contribution in [-0.2, 0) is 21.4 Å². The third-order valence-corrected chi connectivity index (χ3v) is 4.74. The van der Waals surface area contributed by atoms with Crippen LogP contribution in [0.25, 0.3) is 17.1 Å². The lowest BCUT2D eigenvalue weighted by atomic mass is 10.1. The van der Waals surface area contributed by atoms with Crippen molar-refractivity contribution in [1.82, 2.24) is 15.3 Å². The topological polar surface area (TPSA) is 142 Å². The maximum absolute atomic E-state index is 12.3. The SMILES string of the molecule is N#C/C(=C\c1c[nH]c2ncccc12)C(=O)NCc1cccc(S(N)(=O)=O)c1. The number of primary sulfonamides is 1. The second-order valence-electron chi connectivity index (χ2n) is 5.69. The predicted octanol–water partition coefficient (Wildman–Crippen LogP) is 1.43.